The average Bonchev–Trinajstić information content (AvgIpc) is 2.14. The van der Waals surface area contributed by atoms with E-state index in [0.29, 0.717) is 0 Å². The molecule has 5 nitrogen and oxygen atoms in total. The monoisotopic (exact) mass is 137 g/mol. The molecule has 1 heterocycles. The largest absolute Gasteiger partial charge is 0.343 e. The van der Waals surface area contributed by atoms with Gasteiger partial charge in [0.25, 0.3) is 0 Å². The molecular formula is C2H4ClN3O2. The third kappa shape index (κ3) is 1.36. The van der Waals surface area contributed by atoms with Gasteiger partial charge >= 0.3 is 0 Å². The summed E-state index contributed by atoms with van der Waals surface area (Å²) in [5.74, 6) is 0.208. The summed E-state index contributed by atoms with van der Waals surface area (Å²) in [6.07, 6.45) is 1.18. The fraction of sp³-hybridized carbons (Fsp3) is 0. The van der Waals surface area contributed by atoms with Crippen molar-refractivity contribution in [2.75, 3.05) is 5.48 Å². The zero-order valence-electron chi connectivity index (χ0n) is 3.74. The molecule has 46 valence electrons. The molecule has 1 aromatic rings. The van der Waals surface area contributed by atoms with E-state index in [-0.39, 0.29) is 18.2 Å². The minimum atomic E-state index is 0. The number of hydrogen-bond acceptors (Lipinski definition) is 5. The van der Waals surface area contributed by atoms with E-state index in [2.05, 4.69) is 14.9 Å². The van der Waals surface area contributed by atoms with Gasteiger partial charge in [0.05, 0.1) is 0 Å². The average molecular weight is 138 g/mol. The van der Waals surface area contributed by atoms with Crippen molar-refractivity contribution in [3.8, 4) is 0 Å². The van der Waals surface area contributed by atoms with Gasteiger partial charge in [-0.2, -0.15) is 0 Å². The number of halogens is 1. The van der Waals surface area contributed by atoms with Crippen molar-refractivity contribution in [3.63, 3.8) is 0 Å². The summed E-state index contributed by atoms with van der Waals surface area (Å²) in [5.41, 5.74) is 1.74. The molecule has 0 spiro atoms. The van der Waals surface area contributed by atoms with Crippen LogP contribution < -0.4 is 5.48 Å². The lowest BCUT2D eigenvalue weighted by Crippen LogP contribution is -1.87. The second-order valence-electron chi connectivity index (χ2n) is 0.902. The summed E-state index contributed by atoms with van der Waals surface area (Å²) >= 11 is 0. The molecule has 0 saturated carbocycles. The highest BCUT2D eigenvalue weighted by molar-refractivity contribution is 5.85. The van der Waals surface area contributed by atoms with E-state index >= 15 is 0 Å². The lowest BCUT2D eigenvalue weighted by molar-refractivity contribution is 0.385. The summed E-state index contributed by atoms with van der Waals surface area (Å²) in [6, 6.07) is 0. The van der Waals surface area contributed by atoms with Gasteiger partial charge in [-0.25, -0.2) is 5.48 Å². The van der Waals surface area contributed by atoms with Crippen LogP contribution in [0.15, 0.2) is 10.8 Å². The molecule has 2 N–H and O–H groups in total. The Balaban J connectivity index is 0.000000490. The second kappa shape index (κ2) is 3.23. The van der Waals surface area contributed by atoms with Gasteiger partial charge in [-0.3, -0.25) is 5.21 Å². The highest BCUT2D eigenvalue weighted by Crippen LogP contribution is 1.93. The Bertz CT molecular complexity index is 130. The molecule has 1 aromatic heterocycles. The van der Waals surface area contributed by atoms with Crippen LogP contribution in [0.25, 0.3) is 0 Å². The van der Waals surface area contributed by atoms with Gasteiger partial charge in [0, 0.05) is 5.27 Å². The zero-order valence-corrected chi connectivity index (χ0v) is 4.55. The van der Waals surface area contributed by atoms with Crippen molar-refractivity contribution >= 4 is 18.2 Å². The summed E-state index contributed by atoms with van der Waals surface area (Å²) in [6.45, 7) is 0. The molecule has 0 fully saturated rings. The van der Waals surface area contributed by atoms with Crippen LogP contribution in [-0.2, 0) is 0 Å². The maximum absolute atomic E-state index is 8.01. The number of nitrogens with one attached hydrogen (secondary N) is 1. The topological polar surface area (TPSA) is 71.2 Å². The first kappa shape index (κ1) is 7.19. The van der Waals surface area contributed by atoms with Gasteiger partial charge in [-0.05, 0) is 0 Å². The Morgan fingerprint density at radius 3 is 2.75 bits per heavy atom. The first-order valence-corrected chi connectivity index (χ1v) is 1.60. The Hall–Kier alpha value is -0.810. The molecule has 0 aliphatic heterocycles. The van der Waals surface area contributed by atoms with Gasteiger partial charge in [0.1, 0.15) is 0 Å². The fourth-order valence-corrected chi connectivity index (χ4v) is 0.213. The second-order valence-corrected chi connectivity index (χ2v) is 0.902. The van der Waals surface area contributed by atoms with Crippen LogP contribution in [0.5, 0.6) is 0 Å². The quantitative estimate of drug-likeness (QED) is 0.545. The molecule has 6 heteroatoms. The maximum Gasteiger partial charge on any atom is 0.213 e. The van der Waals surface area contributed by atoms with Crippen LogP contribution in [0.1, 0.15) is 0 Å². The van der Waals surface area contributed by atoms with Gasteiger partial charge in [-0.1, -0.05) is 5.10 Å². The first-order valence-electron chi connectivity index (χ1n) is 1.60. The van der Waals surface area contributed by atoms with E-state index in [9.17, 15) is 0 Å². The van der Waals surface area contributed by atoms with Crippen LogP contribution in [0.2, 0.25) is 0 Å². The van der Waals surface area contributed by atoms with E-state index in [1.165, 1.54) is 6.26 Å². The molecule has 0 amide bonds. The smallest absolute Gasteiger partial charge is 0.213 e. The Kier molecular flexibility index (Phi) is 2.90. The highest BCUT2D eigenvalue weighted by Gasteiger charge is 1.87. The van der Waals surface area contributed by atoms with Gasteiger partial charge in [0.15, 0.2) is 6.26 Å². The van der Waals surface area contributed by atoms with Crippen molar-refractivity contribution in [3.05, 3.63) is 6.26 Å². The van der Waals surface area contributed by atoms with Crippen LogP contribution in [0, 0.1) is 0 Å². The van der Waals surface area contributed by atoms with E-state index in [1.54, 1.807) is 5.48 Å². The number of anilines is 1. The van der Waals surface area contributed by atoms with Crippen molar-refractivity contribution < 1.29 is 9.73 Å². The number of rotatable bonds is 1. The third-order valence-corrected chi connectivity index (χ3v) is 0.475. The third-order valence-electron chi connectivity index (χ3n) is 0.475. The normalized spacial score (nSPS) is 7.62. The predicted molar refractivity (Wildman–Crippen MR) is 27.0 cm³/mol. The lowest BCUT2D eigenvalue weighted by Gasteiger charge is -1.79. The zero-order chi connectivity index (χ0) is 5.11. The molecule has 0 unspecified atom stereocenters. The summed E-state index contributed by atoms with van der Waals surface area (Å²) in [5, 5.41) is 14.3. The molecule has 0 aliphatic carbocycles. The van der Waals surface area contributed by atoms with Crippen LogP contribution in [0.3, 0.4) is 0 Å². The Morgan fingerprint density at radius 1 is 1.75 bits per heavy atom. The van der Waals surface area contributed by atoms with Crippen molar-refractivity contribution in [1.29, 1.82) is 0 Å². The Morgan fingerprint density at radius 2 is 2.50 bits per heavy atom. The number of hydrogen-bond donors (Lipinski definition) is 2. The van der Waals surface area contributed by atoms with Crippen molar-refractivity contribution in [2.24, 2.45) is 0 Å². The molecule has 0 aromatic carbocycles. The molecule has 0 radical (unpaired) electrons. The summed E-state index contributed by atoms with van der Waals surface area (Å²) in [7, 11) is 0. The molecule has 0 aliphatic rings. The van der Waals surface area contributed by atoms with Crippen LogP contribution in [0.4, 0.5) is 5.82 Å². The van der Waals surface area contributed by atoms with Crippen molar-refractivity contribution in [1.82, 2.24) is 10.4 Å². The Labute approximate surface area is 51.0 Å². The predicted octanol–water partition coefficient (Wildman–Crippen LogP) is 0.292. The molecule has 8 heavy (non-hydrogen) atoms. The molecule has 0 saturated heterocycles. The summed E-state index contributed by atoms with van der Waals surface area (Å²) < 4.78 is 4.22. The standard InChI is InChI=1S/C2H3N3O2.ClH/c6-4-2-1-7-5-3-2;/h1,4,6H;1H. The van der Waals surface area contributed by atoms with Crippen molar-refractivity contribution in [2.45, 2.75) is 0 Å². The fourth-order valence-electron chi connectivity index (χ4n) is 0.213. The number of nitrogens with zero attached hydrogens (tertiary/aromatic N) is 2. The highest BCUT2D eigenvalue weighted by atomic mass is 35.5. The van der Waals surface area contributed by atoms with Crippen LogP contribution in [-0.4, -0.2) is 15.6 Å². The van der Waals surface area contributed by atoms with E-state index < -0.39 is 0 Å². The van der Waals surface area contributed by atoms with Gasteiger partial charge in [0.2, 0.25) is 5.82 Å². The summed E-state index contributed by atoms with van der Waals surface area (Å²) in [4.78, 5) is 0. The molecule has 1 rings (SSSR count). The first-order chi connectivity index (χ1) is 3.43. The molecule has 0 atom stereocenters. The van der Waals surface area contributed by atoms with E-state index in [1.807, 2.05) is 0 Å². The van der Waals surface area contributed by atoms with E-state index in [0.717, 1.165) is 0 Å². The van der Waals surface area contributed by atoms with Gasteiger partial charge < -0.3 is 4.52 Å². The maximum atomic E-state index is 8.01. The molecule has 0 bridgehead atoms. The number of aromatic nitrogens is 2. The minimum Gasteiger partial charge on any atom is -0.343 e. The molecular weight excluding hydrogens is 133 g/mol. The SMILES string of the molecule is Cl.ONc1conn1. The van der Waals surface area contributed by atoms with E-state index in [4.69, 9.17) is 5.21 Å². The lowest BCUT2D eigenvalue weighted by atomic mass is 10.8. The van der Waals surface area contributed by atoms with Crippen LogP contribution >= 0.6 is 12.4 Å². The van der Waals surface area contributed by atoms with Gasteiger partial charge in [-0.15, -0.1) is 12.4 Å². The minimum absolute atomic E-state index is 0.